The molecule has 0 radical (unpaired) electrons. The fourth-order valence-electron chi connectivity index (χ4n) is 5.38. The number of anilines is 1. The van der Waals surface area contributed by atoms with Crippen molar-refractivity contribution in [1.82, 2.24) is 0 Å². The van der Waals surface area contributed by atoms with Gasteiger partial charge in [-0.1, -0.05) is 37.1 Å². The van der Waals surface area contributed by atoms with Gasteiger partial charge in [-0.3, -0.25) is 9.59 Å². The molecule has 1 aromatic rings. The second kappa shape index (κ2) is 12.0. The topological polar surface area (TPSA) is 131 Å². The van der Waals surface area contributed by atoms with Crippen LogP contribution in [0.4, 0.5) is 5.69 Å². The lowest BCUT2D eigenvalue weighted by Gasteiger charge is -2.48. The van der Waals surface area contributed by atoms with E-state index in [0.717, 1.165) is 11.1 Å². The monoisotopic (exact) mass is 553 g/mol. The van der Waals surface area contributed by atoms with E-state index in [1.807, 2.05) is 20.8 Å². The molecule has 0 aliphatic carbocycles. The van der Waals surface area contributed by atoms with Crippen molar-refractivity contribution >= 4 is 23.3 Å². The van der Waals surface area contributed by atoms with Crippen LogP contribution < -0.4 is 10.1 Å². The number of nitrogens with one attached hydrogen (secondary N) is 1. The summed E-state index contributed by atoms with van der Waals surface area (Å²) in [7, 11) is 0. The number of rotatable bonds is 3. The number of aliphatic hydroxyl groups is 1. The van der Waals surface area contributed by atoms with E-state index in [9.17, 15) is 24.6 Å². The number of aliphatic hydroxyl groups excluding tert-OH is 1. The molecule has 1 aromatic carbocycles. The molecule has 0 saturated carbocycles. The van der Waals surface area contributed by atoms with Gasteiger partial charge in [0, 0.05) is 36.0 Å². The fourth-order valence-corrected chi connectivity index (χ4v) is 5.38. The van der Waals surface area contributed by atoms with E-state index in [0.29, 0.717) is 37.0 Å². The number of esters is 1. The van der Waals surface area contributed by atoms with Crippen molar-refractivity contribution in [3.8, 4) is 11.5 Å². The molecule has 216 valence electrons. The Kier molecular flexibility index (Phi) is 8.85. The predicted molar refractivity (Wildman–Crippen MR) is 149 cm³/mol. The first-order valence-electron chi connectivity index (χ1n) is 13.9. The third-order valence-corrected chi connectivity index (χ3v) is 7.63. The maximum Gasteiger partial charge on any atom is 0.334 e. The number of ether oxygens (including phenoxy) is 3. The Labute approximate surface area is 234 Å². The van der Waals surface area contributed by atoms with Gasteiger partial charge in [-0.15, -0.1) is 0 Å². The number of ketones is 1. The number of fused-ring (bicyclic) bond motifs is 2. The maximum atomic E-state index is 13.0. The van der Waals surface area contributed by atoms with Gasteiger partial charge in [0.1, 0.15) is 29.8 Å². The van der Waals surface area contributed by atoms with Crippen LogP contribution in [-0.2, 0) is 23.9 Å². The molecular weight excluding hydrogens is 514 g/mol. The predicted octanol–water partition coefficient (Wildman–Crippen LogP) is 5.18. The van der Waals surface area contributed by atoms with Gasteiger partial charge < -0.3 is 29.7 Å². The summed E-state index contributed by atoms with van der Waals surface area (Å²) in [5.41, 5.74) is 2.86. The van der Waals surface area contributed by atoms with Gasteiger partial charge in [0.2, 0.25) is 11.7 Å². The molecule has 9 heteroatoms. The largest absolute Gasteiger partial charge is 0.508 e. The highest BCUT2D eigenvalue weighted by atomic mass is 16.7. The number of amides is 1. The number of Topliss-reactive ketones (excluding diaryl/α,β-unsaturated/α-hetero) is 1. The van der Waals surface area contributed by atoms with E-state index in [-0.39, 0.29) is 35.6 Å². The van der Waals surface area contributed by atoms with Crippen LogP contribution in [0, 0.1) is 5.92 Å². The summed E-state index contributed by atoms with van der Waals surface area (Å²) in [6.07, 6.45) is 4.49. The molecule has 3 aliphatic heterocycles. The van der Waals surface area contributed by atoms with Gasteiger partial charge in [0.25, 0.3) is 0 Å². The standard InChI is InChI=1S/C31H39NO8/c1-6-20-8-7-11-31-16-25(35)19(5)28(39-31)22-14-21(33)15-23(29(22)40-31)32-27(36)10-9-18(4)30(37)38-26(13-20)24(34)12-17(2)3/h9,12-15,19,24,26,28,33-34H,6-8,10-11,16H2,1-5H3,(H,32,36)/b18-9-,20-13-/t19-,24+,26+,28-,31-/m1/s1. The Balaban J connectivity index is 1.76. The maximum absolute atomic E-state index is 13.0. The molecule has 1 fully saturated rings. The number of aromatic hydroxyl groups is 1. The zero-order chi connectivity index (χ0) is 29.2. The molecule has 3 bridgehead atoms. The molecule has 0 aromatic heterocycles. The molecule has 9 nitrogen and oxygen atoms in total. The number of phenols is 1. The van der Waals surface area contributed by atoms with E-state index >= 15 is 0 Å². The minimum atomic E-state index is -1.21. The zero-order valence-corrected chi connectivity index (χ0v) is 23.8. The van der Waals surface area contributed by atoms with Crippen LogP contribution in [0.25, 0.3) is 0 Å². The molecule has 1 spiro atoms. The zero-order valence-electron chi connectivity index (χ0n) is 23.8. The van der Waals surface area contributed by atoms with Crippen molar-refractivity contribution in [3.05, 3.63) is 52.6 Å². The molecular formula is C31H39NO8. The van der Waals surface area contributed by atoms with Gasteiger partial charge in [-0.05, 0) is 52.2 Å². The second-order valence-electron chi connectivity index (χ2n) is 11.2. The normalized spacial score (nSPS) is 30.8. The Morgan fingerprint density at radius 1 is 1.25 bits per heavy atom. The average molecular weight is 554 g/mol. The van der Waals surface area contributed by atoms with Gasteiger partial charge >= 0.3 is 5.97 Å². The lowest BCUT2D eigenvalue weighted by molar-refractivity contribution is -0.260. The van der Waals surface area contributed by atoms with Gasteiger partial charge in [-0.2, -0.15) is 0 Å². The molecule has 40 heavy (non-hydrogen) atoms. The molecule has 0 unspecified atom stereocenters. The smallest absolute Gasteiger partial charge is 0.334 e. The Morgan fingerprint density at radius 2 is 2.00 bits per heavy atom. The number of carbonyl (C=O) groups excluding carboxylic acids is 3. The van der Waals surface area contributed by atoms with Crippen LogP contribution in [0.2, 0.25) is 0 Å². The van der Waals surface area contributed by atoms with E-state index in [1.165, 1.54) is 18.2 Å². The quantitative estimate of drug-likeness (QED) is 0.345. The summed E-state index contributed by atoms with van der Waals surface area (Å²) in [5.74, 6) is -2.45. The van der Waals surface area contributed by atoms with Crippen molar-refractivity contribution in [2.75, 3.05) is 5.32 Å². The first-order valence-corrected chi connectivity index (χ1v) is 13.9. The number of cyclic esters (lactones) is 1. The minimum absolute atomic E-state index is 0.00501. The lowest BCUT2D eigenvalue weighted by atomic mass is 9.82. The molecule has 3 heterocycles. The number of phenolic OH excluding ortho intramolecular Hbond substituents is 1. The van der Waals surface area contributed by atoms with Crippen molar-refractivity contribution in [2.45, 2.75) is 97.2 Å². The Bertz CT molecular complexity index is 1270. The molecule has 4 rings (SSSR count). The summed E-state index contributed by atoms with van der Waals surface area (Å²) in [6.45, 7) is 9.04. The molecule has 1 amide bonds. The summed E-state index contributed by atoms with van der Waals surface area (Å²) < 4.78 is 18.5. The highest BCUT2D eigenvalue weighted by molar-refractivity contribution is 5.96. The SMILES string of the molecule is CC/C1=C/[C@@H]([C@@H](O)C=C(C)C)OC(=O)/C(C)=C\CC(=O)Nc2cc(O)cc3c2O[C@]2(CCC1)CC(=O)[C@@H](C)[C@H]3O2. The number of allylic oxidation sites excluding steroid dienone is 2. The number of benzene rings is 1. The Hall–Kier alpha value is -3.43. The number of hydrogen-bond acceptors (Lipinski definition) is 8. The van der Waals surface area contributed by atoms with E-state index in [4.69, 9.17) is 14.2 Å². The summed E-state index contributed by atoms with van der Waals surface area (Å²) in [4.78, 5) is 38.9. The van der Waals surface area contributed by atoms with Crippen LogP contribution in [0.1, 0.15) is 84.8 Å². The van der Waals surface area contributed by atoms with Crippen molar-refractivity contribution in [2.24, 2.45) is 5.92 Å². The summed E-state index contributed by atoms with van der Waals surface area (Å²) >= 11 is 0. The van der Waals surface area contributed by atoms with E-state index in [1.54, 1.807) is 26.0 Å². The molecule has 3 N–H and O–H groups in total. The first-order chi connectivity index (χ1) is 18.9. The van der Waals surface area contributed by atoms with E-state index in [2.05, 4.69) is 5.32 Å². The Morgan fingerprint density at radius 3 is 2.70 bits per heavy atom. The average Bonchev–Trinajstić information content (AvgIpc) is 2.88. The van der Waals surface area contributed by atoms with Crippen LogP contribution in [-0.4, -0.2) is 45.9 Å². The van der Waals surface area contributed by atoms with Crippen LogP contribution in [0.3, 0.4) is 0 Å². The van der Waals surface area contributed by atoms with Crippen molar-refractivity contribution in [1.29, 1.82) is 0 Å². The highest BCUT2D eigenvalue weighted by Crippen LogP contribution is 2.53. The molecule has 5 atom stereocenters. The fraction of sp³-hybridized carbons (Fsp3) is 0.516. The van der Waals surface area contributed by atoms with Gasteiger partial charge in [-0.25, -0.2) is 4.79 Å². The minimum Gasteiger partial charge on any atom is -0.508 e. The summed E-state index contributed by atoms with van der Waals surface area (Å²) in [6, 6.07) is 2.91. The van der Waals surface area contributed by atoms with Gasteiger partial charge in [0.05, 0.1) is 12.1 Å². The summed E-state index contributed by atoms with van der Waals surface area (Å²) in [5, 5.41) is 24.0. The number of carbonyl (C=O) groups is 3. The first kappa shape index (κ1) is 29.6. The van der Waals surface area contributed by atoms with Crippen molar-refractivity contribution < 1.29 is 38.8 Å². The van der Waals surface area contributed by atoms with Gasteiger partial charge in [0.15, 0.2) is 5.75 Å². The van der Waals surface area contributed by atoms with Crippen LogP contribution in [0.15, 0.2) is 47.1 Å². The third kappa shape index (κ3) is 6.47. The highest BCUT2D eigenvalue weighted by Gasteiger charge is 2.52. The third-order valence-electron chi connectivity index (χ3n) is 7.63. The van der Waals surface area contributed by atoms with Crippen LogP contribution in [0.5, 0.6) is 11.5 Å². The molecule has 1 saturated heterocycles. The van der Waals surface area contributed by atoms with Crippen LogP contribution >= 0.6 is 0 Å². The number of hydrogen-bond donors (Lipinski definition) is 3. The van der Waals surface area contributed by atoms with Crippen molar-refractivity contribution in [3.63, 3.8) is 0 Å². The lowest BCUT2D eigenvalue weighted by Crippen LogP contribution is -2.52. The second-order valence-corrected chi connectivity index (χ2v) is 11.2. The van der Waals surface area contributed by atoms with E-state index < -0.39 is 41.9 Å². The molecule has 3 aliphatic rings.